The molecule has 16 heteroatoms. The molecule has 13 nitrogen and oxygen atoms in total. The summed E-state index contributed by atoms with van der Waals surface area (Å²) in [7, 11) is -8.68. The summed E-state index contributed by atoms with van der Waals surface area (Å²) in [4.78, 5) is 3.44. The fourth-order valence-corrected chi connectivity index (χ4v) is 7.93. The summed E-state index contributed by atoms with van der Waals surface area (Å²) in [5, 5.41) is 5.95. The van der Waals surface area contributed by atoms with Gasteiger partial charge in [0.2, 0.25) is 20.0 Å². The molecular weight excluding hydrogens is 490 g/mol. The van der Waals surface area contributed by atoms with Crippen molar-refractivity contribution < 1.29 is 16.8 Å². The number of primary sulfonamides is 1. The minimum Gasteiger partial charge on any atom is -0.375 e. The number of nitrogens with zero attached hydrogens (tertiary/aromatic N) is 2. The van der Waals surface area contributed by atoms with E-state index in [0.29, 0.717) is 21.8 Å². The third kappa shape index (κ3) is 3.79. The Labute approximate surface area is 193 Å². The highest BCUT2D eigenvalue weighted by Gasteiger charge is 2.40. The Kier molecular flexibility index (Phi) is 5.40. The molecule has 0 unspecified atom stereocenters. The average molecular weight is 512 g/mol. The quantitative estimate of drug-likeness (QED) is 0.213. The molecule has 3 heterocycles. The number of hydrazine groups is 3. The second kappa shape index (κ2) is 7.91. The number of para-hydroxylation sites is 1. The molecule has 2 aliphatic heterocycles. The van der Waals surface area contributed by atoms with Crippen LogP contribution in [0.5, 0.6) is 0 Å². The number of sulfonamides is 2. The molecule has 2 aliphatic rings. The first kappa shape index (κ1) is 22.5. The summed E-state index contributed by atoms with van der Waals surface area (Å²) in [6.45, 7) is 0.174. The van der Waals surface area contributed by atoms with E-state index in [1.807, 2.05) is 6.07 Å². The minimum absolute atomic E-state index is 0.0872. The van der Waals surface area contributed by atoms with Crippen molar-refractivity contribution in [2.24, 2.45) is 10.9 Å². The predicted octanol–water partition coefficient (Wildman–Crippen LogP) is -1.36. The Morgan fingerprint density at radius 3 is 2.36 bits per heavy atom. The van der Waals surface area contributed by atoms with Crippen LogP contribution in [0.4, 0.5) is 5.13 Å². The van der Waals surface area contributed by atoms with Gasteiger partial charge >= 0.3 is 0 Å². The maximum atomic E-state index is 13.3. The summed E-state index contributed by atoms with van der Waals surface area (Å²) in [6, 6.07) is 7.87. The average Bonchev–Trinajstić information content (AvgIpc) is 3.38. The summed E-state index contributed by atoms with van der Waals surface area (Å²) in [5.41, 5.74) is 24.2. The summed E-state index contributed by atoms with van der Waals surface area (Å²) in [5.74, 6) is 0. The molecule has 0 radical (unpaired) electrons. The van der Waals surface area contributed by atoms with Crippen molar-refractivity contribution in [1.29, 1.82) is 0 Å². The molecule has 0 spiro atoms. The number of nitrogen functional groups attached to an aromatic ring is 1. The predicted molar refractivity (Wildman–Crippen MR) is 123 cm³/mol. The molecule has 2 fully saturated rings. The molecule has 2 aromatic carbocycles. The highest BCUT2D eigenvalue weighted by Crippen LogP contribution is 2.41. The van der Waals surface area contributed by atoms with Crippen LogP contribution < -0.4 is 38.5 Å². The van der Waals surface area contributed by atoms with Crippen LogP contribution in [0, 0.1) is 0 Å². The van der Waals surface area contributed by atoms with Crippen LogP contribution in [0.25, 0.3) is 21.3 Å². The zero-order valence-corrected chi connectivity index (χ0v) is 19.4. The molecule has 5 rings (SSSR count). The largest absolute Gasteiger partial charge is 0.375 e. The van der Waals surface area contributed by atoms with E-state index in [0.717, 1.165) is 9.01 Å². The van der Waals surface area contributed by atoms with Crippen LogP contribution in [-0.4, -0.2) is 45.3 Å². The van der Waals surface area contributed by atoms with Crippen molar-refractivity contribution in [1.82, 2.24) is 31.2 Å². The van der Waals surface area contributed by atoms with Crippen LogP contribution in [-0.2, 0) is 20.0 Å². The zero-order chi connectivity index (χ0) is 23.5. The lowest BCUT2D eigenvalue weighted by atomic mass is 9.97. The number of rotatable bonds is 5. The molecule has 0 saturated carbocycles. The normalized spacial score (nSPS) is 18.7. The van der Waals surface area contributed by atoms with E-state index in [-0.39, 0.29) is 24.7 Å². The van der Waals surface area contributed by atoms with Crippen molar-refractivity contribution >= 4 is 46.7 Å². The van der Waals surface area contributed by atoms with Gasteiger partial charge in [-0.3, -0.25) is 0 Å². The van der Waals surface area contributed by atoms with Gasteiger partial charge in [0.15, 0.2) is 5.13 Å². The third-order valence-corrected chi connectivity index (χ3v) is 9.31. The SMILES string of the molecule is Nc1nc2c(-c3ccc(S(=O)(=O)N4CC(N)C4)c(S(N)(=O)=O)c3C3NNNN3)cccc2s1. The number of benzene rings is 2. The monoisotopic (exact) mass is 511 g/mol. The number of thiazole rings is 1. The van der Waals surface area contributed by atoms with Gasteiger partial charge in [-0.25, -0.2) is 37.8 Å². The number of aromatic nitrogens is 1. The Morgan fingerprint density at radius 1 is 1.03 bits per heavy atom. The Morgan fingerprint density at radius 2 is 1.73 bits per heavy atom. The number of anilines is 1. The topological polar surface area (TPSA) is 211 Å². The molecule has 33 heavy (non-hydrogen) atoms. The van der Waals surface area contributed by atoms with Gasteiger partial charge in [0.1, 0.15) is 16.0 Å². The number of nitrogens with two attached hydrogens (primary N) is 3. The van der Waals surface area contributed by atoms with Crippen LogP contribution in [0.15, 0.2) is 40.1 Å². The molecule has 10 N–H and O–H groups in total. The van der Waals surface area contributed by atoms with E-state index in [2.05, 4.69) is 26.9 Å². The van der Waals surface area contributed by atoms with Gasteiger partial charge in [0, 0.05) is 30.3 Å². The van der Waals surface area contributed by atoms with Crippen molar-refractivity contribution in [2.75, 3.05) is 18.8 Å². The van der Waals surface area contributed by atoms with Gasteiger partial charge in [-0.15, -0.1) is 0 Å². The molecular formula is C17H21N9O4S3. The van der Waals surface area contributed by atoms with Gasteiger partial charge in [0.05, 0.1) is 10.2 Å². The van der Waals surface area contributed by atoms with E-state index in [1.165, 1.54) is 17.4 Å². The maximum Gasteiger partial charge on any atom is 0.244 e. The first-order valence-electron chi connectivity index (χ1n) is 9.69. The minimum atomic E-state index is -4.51. The van der Waals surface area contributed by atoms with E-state index >= 15 is 0 Å². The first-order valence-corrected chi connectivity index (χ1v) is 13.5. The molecule has 0 aliphatic carbocycles. The summed E-state index contributed by atoms with van der Waals surface area (Å²) >= 11 is 1.28. The number of fused-ring (bicyclic) bond motifs is 1. The smallest absolute Gasteiger partial charge is 0.244 e. The van der Waals surface area contributed by atoms with Crippen molar-refractivity contribution in [3.63, 3.8) is 0 Å². The molecule has 0 amide bonds. The lowest BCUT2D eigenvalue weighted by Crippen LogP contribution is -2.57. The number of nitrogens with one attached hydrogen (secondary N) is 4. The highest BCUT2D eigenvalue weighted by molar-refractivity contribution is 7.92. The van der Waals surface area contributed by atoms with E-state index in [1.54, 1.807) is 18.2 Å². The Bertz CT molecular complexity index is 1460. The third-order valence-electron chi connectivity index (χ3n) is 5.45. The summed E-state index contributed by atoms with van der Waals surface area (Å²) < 4.78 is 54.3. The van der Waals surface area contributed by atoms with E-state index in [9.17, 15) is 16.8 Å². The fourth-order valence-electron chi connectivity index (χ4n) is 3.98. The van der Waals surface area contributed by atoms with E-state index in [4.69, 9.17) is 16.6 Å². The van der Waals surface area contributed by atoms with Crippen LogP contribution >= 0.6 is 11.3 Å². The molecule has 176 valence electrons. The van der Waals surface area contributed by atoms with E-state index < -0.39 is 36.0 Å². The second-order valence-corrected chi connectivity index (χ2v) is 12.1. The molecule has 1 aromatic heterocycles. The second-order valence-electron chi connectivity index (χ2n) is 7.66. The summed E-state index contributed by atoms with van der Waals surface area (Å²) in [6.07, 6.45) is -0.853. The van der Waals surface area contributed by atoms with Crippen LogP contribution in [0.1, 0.15) is 11.7 Å². The van der Waals surface area contributed by atoms with Gasteiger partial charge in [0.25, 0.3) is 0 Å². The fraction of sp³-hybridized carbons (Fsp3) is 0.235. The van der Waals surface area contributed by atoms with Crippen LogP contribution in [0.3, 0.4) is 0 Å². The van der Waals surface area contributed by atoms with Gasteiger partial charge in [-0.2, -0.15) is 15.4 Å². The number of hydrogen-bond acceptors (Lipinski definition) is 12. The number of hydrogen-bond donors (Lipinski definition) is 7. The van der Waals surface area contributed by atoms with Crippen LogP contribution in [0.2, 0.25) is 0 Å². The molecule has 3 aromatic rings. The molecule has 0 atom stereocenters. The van der Waals surface area contributed by atoms with Crippen molar-refractivity contribution in [3.8, 4) is 11.1 Å². The lowest BCUT2D eigenvalue weighted by Gasteiger charge is -2.36. The lowest BCUT2D eigenvalue weighted by molar-refractivity contribution is 0.265. The zero-order valence-electron chi connectivity index (χ0n) is 16.9. The standard InChI is InChI=1S/C17H21N9O4S3/c18-8-6-26(7-8)33(29,30)12-5-4-9(10-2-1-3-11-14(10)21-17(19)31-11)13(15(12)32(20,27)28)16-22-24-25-23-16/h1-5,8,16,22-25H,6-7,18H2,(H2,19,21)(H2,20,27,28). The maximum absolute atomic E-state index is 13.3. The molecule has 2 saturated heterocycles. The highest BCUT2D eigenvalue weighted by atomic mass is 32.2. The van der Waals surface area contributed by atoms with Crippen molar-refractivity contribution in [2.45, 2.75) is 22.0 Å². The molecule has 0 bridgehead atoms. The Hall–Kier alpha value is -2.25. The van der Waals surface area contributed by atoms with Crippen molar-refractivity contribution in [3.05, 3.63) is 35.9 Å². The Balaban J connectivity index is 1.83. The van der Waals surface area contributed by atoms with Gasteiger partial charge < -0.3 is 11.5 Å². The van der Waals surface area contributed by atoms with Gasteiger partial charge in [-0.05, 0) is 17.7 Å². The first-order chi connectivity index (χ1) is 15.6. The van der Waals surface area contributed by atoms with Gasteiger partial charge in [-0.1, -0.05) is 29.5 Å².